The first-order chi connectivity index (χ1) is 8.70. The fourth-order valence-corrected chi connectivity index (χ4v) is 3.06. The second kappa shape index (κ2) is 4.76. The number of H-pyrrole nitrogens is 1. The third-order valence-electron chi connectivity index (χ3n) is 2.37. The minimum Gasteiger partial charge on any atom is -0.382 e. The van der Waals surface area contributed by atoms with Gasteiger partial charge in [0, 0.05) is 0 Å². The lowest BCUT2D eigenvalue weighted by atomic mass is 10.3. The van der Waals surface area contributed by atoms with E-state index in [1.807, 2.05) is 4.98 Å². The molecule has 104 valence electrons. The van der Waals surface area contributed by atoms with Crippen LogP contribution < -0.4 is 11.2 Å². The van der Waals surface area contributed by atoms with E-state index < -0.39 is 30.1 Å². The number of aromatic nitrogens is 2. The Morgan fingerprint density at radius 1 is 1.47 bits per heavy atom. The largest absolute Gasteiger partial charge is 0.416 e. The van der Waals surface area contributed by atoms with Gasteiger partial charge in [0.25, 0.3) is 5.56 Å². The van der Waals surface area contributed by atoms with Gasteiger partial charge in [-0.1, -0.05) is 0 Å². The molecular weight excluding hydrogens is 353 g/mol. The van der Waals surface area contributed by atoms with E-state index in [9.17, 15) is 22.8 Å². The van der Waals surface area contributed by atoms with E-state index in [0.717, 1.165) is 11.3 Å². The van der Waals surface area contributed by atoms with Crippen LogP contribution in [-0.2, 0) is 6.54 Å². The molecule has 0 bridgehead atoms. The highest BCUT2D eigenvalue weighted by atomic mass is 79.9. The van der Waals surface area contributed by atoms with Crippen LogP contribution in [0.25, 0.3) is 10.2 Å². The number of fused-ring (bicyclic) bond motifs is 1. The number of halogens is 4. The van der Waals surface area contributed by atoms with Crippen LogP contribution >= 0.6 is 27.3 Å². The zero-order valence-corrected chi connectivity index (χ0v) is 11.4. The molecular formula is C9H6BrF3N2O3S. The number of aromatic amines is 1. The number of aliphatic hydroxyl groups excluding tert-OH is 1. The molecule has 0 fully saturated rings. The van der Waals surface area contributed by atoms with Gasteiger partial charge in [0.15, 0.2) is 6.10 Å². The van der Waals surface area contributed by atoms with Crippen molar-refractivity contribution in [3.05, 3.63) is 30.7 Å². The van der Waals surface area contributed by atoms with E-state index in [-0.39, 0.29) is 10.2 Å². The fraction of sp³-hybridized carbons (Fsp3) is 0.333. The SMILES string of the molecule is O=c1[nH]c(=O)n(CC(O)C(F)(F)F)c2sc(Br)cc12. The normalized spacial score (nSPS) is 13.9. The summed E-state index contributed by atoms with van der Waals surface area (Å²) in [5.74, 6) is 0. The van der Waals surface area contributed by atoms with Crippen molar-refractivity contribution in [2.75, 3.05) is 0 Å². The van der Waals surface area contributed by atoms with Gasteiger partial charge in [-0.05, 0) is 22.0 Å². The number of rotatable bonds is 2. The molecule has 0 radical (unpaired) electrons. The predicted molar refractivity (Wildman–Crippen MR) is 66.5 cm³/mol. The monoisotopic (exact) mass is 358 g/mol. The van der Waals surface area contributed by atoms with Crippen LogP contribution in [0, 0.1) is 0 Å². The molecule has 0 aromatic carbocycles. The highest BCUT2D eigenvalue weighted by molar-refractivity contribution is 9.11. The first-order valence-electron chi connectivity index (χ1n) is 4.87. The van der Waals surface area contributed by atoms with Gasteiger partial charge in [0.2, 0.25) is 0 Å². The van der Waals surface area contributed by atoms with Crippen molar-refractivity contribution in [3.63, 3.8) is 0 Å². The Bertz CT molecular complexity index is 733. The minimum absolute atomic E-state index is 0.0731. The molecule has 19 heavy (non-hydrogen) atoms. The first kappa shape index (κ1) is 14.3. The maximum atomic E-state index is 12.3. The van der Waals surface area contributed by atoms with E-state index in [4.69, 9.17) is 5.11 Å². The van der Waals surface area contributed by atoms with E-state index in [0.29, 0.717) is 8.35 Å². The zero-order chi connectivity index (χ0) is 14.4. The molecule has 1 atom stereocenters. The van der Waals surface area contributed by atoms with Crippen LogP contribution in [0.15, 0.2) is 19.4 Å². The van der Waals surface area contributed by atoms with Crippen molar-refractivity contribution in [1.82, 2.24) is 9.55 Å². The smallest absolute Gasteiger partial charge is 0.382 e. The maximum Gasteiger partial charge on any atom is 0.416 e. The van der Waals surface area contributed by atoms with Crippen LogP contribution in [0.2, 0.25) is 0 Å². The molecule has 2 aromatic rings. The predicted octanol–water partition coefficient (Wildman–Crippen LogP) is 1.44. The number of nitrogens with zero attached hydrogens (tertiary/aromatic N) is 1. The lowest BCUT2D eigenvalue weighted by molar-refractivity contribution is -0.207. The molecule has 2 rings (SSSR count). The fourth-order valence-electron chi connectivity index (χ4n) is 1.48. The van der Waals surface area contributed by atoms with Crippen molar-refractivity contribution in [2.45, 2.75) is 18.8 Å². The van der Waals surface area contributed by atoms with Crippen molar-refractivity contribution >= 4 is 37.5 Å². The standard InChI is InChI=1S/C9H6BrF3N2O3S/c10-5-1-3-6(17)14-8(18)15(7(3)19-5)2-4(16)9(11,12)13/h1,4,16H,2H2,(H,14,17,18). The van der Waals surface area contributed by atoms with Gasteiger partial charge in [-0.25, -0.2) is 4.79 Å². The lowest BCUT2D eigenvalue weighted by Gasteiger charge is -2.15. The van der Waals surface area contributed by atoms with Gasteiger partial charge in [-0.2, -0.15) is 13.2 Å². The molecule has 2 aromatic heterocycles. The molecule has 0 aliphatic heterocycles. The van der Waals surface area contributed by atoms with Crippen LogP contribution in [-0.4, -0.2) is 26.9 Å². The van der Waals surface area contributed by atoms with Gasteiger partial charge >= 0.3 is 11.9 Å². The molecule has 10 heteroatoms. The number of hydrogen-bond acceptors (Lipinski definition) is 4. The van der Waals surface area contributed by atoms with E-state index in [1.165, 1.54) is 6.07 Å². The van der Waals surface area contributed by atoms with Crippen molar-refractivity contribution in [3.8, 4) is 0 Å². The van der Waals surface area contributed by atoms with Crippen molar-refractivity contribution < 1.29 is 18.3 Å². The summed E-state index contributed by atoms with van der Waals surface area (Å²) >= 11 is 4.03. The summed E-state index contributed by atoms with van der Waals surface area (Å²) in [5.41, 5.74) is -1.67. The summed E-state index contributed by atoms with van der Waals surface area (Å²) in [6, 6.07) is 1.40. The first-order valence-corrected chi connectivity index (χ1v) is 6.48. The molecule has 5 nitrogen and oxygen atoms in total. The number of thiophene rings is 1. The molecule has 1 unspecified atom stereocenters. The summed E-state index contributed by atoms with van der Waals surface area (Å²) in [4.78, 5) is 25.0. The van der Waals surface area contributed by atoms with Gasteiger partial charge in [-0.3, -0.25) is 14.3 Å². The average Bonchev–Trinajstić information content (AvgIpc) is 2.65. The molecule has 0 spiro atoms. The number of alkyl halides is 3. The second-order valence-corrected chi connectivity index (χ2v) is 6.11. The Kier molecular flexibility index (Phi) is 3.58. The topological polar surface area (TPSA) is 75.1 Å². The van der Waals surface area contributed by atoms with E-state index in [1.54, 1.807) is 0 Å². The third-order valence-corrected chi connectivity index (χ3v) is 4.03. The minimum atomic E-state index is -4.84. The highest BCUT2D eigenvalue weighted by Crippen LogP contribution is 2.28. The molecule has 0 saturated carbocycles. The van der Waals surface area contributed by atoms with Crippen molar-refractivity contribution in [1.29, 1.82) is 0 Å². The van der Waals surface area contributed by atoms with Crippen LogP contribution in [0.1, 0.15) is 0 Å². The van der Waals surface area contributed by atoms with Crippen molar-refractivity contribution in [2.24, 2.45) is 0 Å². The lowest BCUT2D eigenvalue weighted by Crippen LogP contribution is -2.38. The number of hydrogen-bond donors (Lipinski definition) is 2. The Hall–Kier alpha value is -1.13. The third kappa shape index (κ3) is 2.74. The van der Waals surface area contributed by atoms with Crippen LogP contribution in [0.4, 0.5) is 13.2 Å². The van der Waals surface area contributed by atoms with E-state index in [2.05, 4.69) is 15.9 Å². The molecule has 2 N–H and O–H groups in total. The summed E-state index contributed by atoms with van der Waals surface area (Å²) in [7, 11) is 0. The molecule has 0 amide bonds. The Morgan fingerprint density at radius 3 is 2.68 bits per heavy atom. The Morgan fingerprint density at radius 2 is 2.11 bits per heavy atom. The summed E-state index contributed by atoms with van der Waals surface area (Å²) < 4.78 is 38.1. The molecule has 0 aliphatic carbocycles. The number of aliphatic hydroxyl groups is 1. The highest BCUT2D eigenvalue weighted by Gasteiger charge is 2.38. The Labute approximate surface area is 115 Å². The average molecular weight is 359 g/mol. The molecule has 2 heterocycles. The summed E-state index contributed by atoms with van der Waals surface area (Å²) in [5, 5.41) is 9.10. The molecule has 0 aliphatic rings. The van der Waals surface area contributed by atoms with Gasteiger partial charge in [0.05, 0.1) is 15.7 Å². The van der Waals surface area contributed by atoms with Gasteiger partial charge in [-0.15, -0.1) is 11.3 Å². The number of nitrogens with one attached hydrogen (secondary N) is 1. The van der Waals surface area contributed by atoms with Gasteiger partial charge < -0.3 is 5.11 Å². The molecule has 0 saturated heterocycles. The van der Waals surface area contributed by atoms with Crippen LogP contribution in [0.3, 0.4) is 0 Å². The van der Waals surface area contributed by atoms with Gasteiger partial charge in [0.1, 0.15) is 4.83 Å². The maximum absolute atomic E-state index is 12.3. The summed E-state index contributed by atoms with van der Waals surface area (Å²) in [6.07, 6.45) is -7.52. The van der Waals surface area contributed by atoms with E-state index >= 15 is 0 Å². The Balaban J connectivity index is 2.60. The second-order valence-electron chi connectivity index (χ2n) is 3.70. The van der Waals surface area contributed by atoms with Crippen LogP contribution in [0.5, 0.6) is 0 Å². The quantitative estimate of drug-likeness (QED) is 0.852. The zero-order valence-electron chi connectivity index (χ0n) is 8.99. The summed E-state index contributed by atoms with van der Waals surface area (Å²) in [6.45, 7) is -0.970.